The molecule has 32 heavy (non-hydrogen) atoms. The molecule has 0 spiro atoms. The van der Waals surface area contributed by atoms with Crippen LogP contribution in [0, 0.1) is 6.92 Å². The second-order valence-corrected chi connectivity index (χ2v) is 8.18. The van der Waals surface area contributed by atoms with E-state index in [1.54, 1.807) is 0 Å². The average molecular weight is 415 g/mol. The van der Waals surface area contributed by atoms with Gasteiger partial charge in [-0.25, -0.2) is 4.57 Å². The van der Waals surface area contributed by atoms with Gasteiger partial charge in [0.15, 0.2) is 0 Å². The second kappa shape index (κ2) is 7.31. The topological polar surface area (TPSA) is 21.7 Å². The summed E-state index contributed by atoms with van der Waals surface area (Å²) in [6.07, 6.45) is 8.49. The molecule has 0 amide bonds. The highest BCUT2D eigenvalue weighted by Gasteiger charge is 2.20. The molecule has 2 aromatic heterocycles. The monoisotopic (exact) mass is 414 g/mol. The van der Waals surface area contributed by atoms with Gasteiger partial charge in [0.2, 0.25) is 11.6 Å². The van der Waals surface area contributed by atoms with Gasteiger partial charge in [0, 0.05) is 18.4 Å². The normalized spacial score (nSPS) is 12.1. The first kappa shape index (κ1) is 18.8. The molecular formula is C29H24N3+. The Labute approximate surface area is 187 Å². The van der Waals surface area contributed by atoms with E-state index in [0.29, 0.717) is 0 Å². The predicted octanol–water partition coefficient (Wildman–Crippen LogP) is 6.56. The fraction of sp³-hybridized carbons (Fsp3) is 0.103. The Morgan fingerprint density at radius 2 is 1.50 bits per heavy atom. The lowest BCUT2D eigenvalue weighted by atomic mass is 10.0. The van der Waals surface area contributed by atoms with Gasteiger partial charge in [-0.1, -0.05) is 66.7 Å². The SMILES string of the molecule is CCn1c(-[n+]2cccnc2C)c2ccccc2c2ccccc2c2c3c(cccc31)C=C2. The molecule has 6 rings (SSSR count). The highest BCUT2D eigenvalue weighted by molar-refractivity contribution is 6.16. The van der Waals surface area contributed by atoms with Crippen LogP contribution < -0.4 is 4.57 Å². The number of rotatable bonds is 2. The minimum Gasteiger partial charge on any atom is -0.258 e. The number of hydrogen-bond donors (Lipinski definition) is 0. The maximum Gasteiger partial charge on any atom is 0.241 e. The summed E-state index contributed by atoms with van der Waals surface area (Å²) >= 11 is 0. The third kappa shape index (κ3) is 2.68. The van der Waals surface area contributed by atoms with Gasteiger partial charge in [0.05, 0.1) is 18.1 Å². The fourth-order valence-corrected chi connectivity index (χ4v) is 5.07. The van der Waals surface area contributed by atoms with Gasteiger partial charge in [0.25, 0.3) is 0 Å². The quantitative estimate of drug-likeness (QED) is 0.294. The standard InChI is InChI=1S/C29H24N3/c1-3-31-27-15-8-10-21-16-17-25(28(21)27)23-12-5-4-11-22(23)24-13-6-7-14-26(24)29(31)32-19-9-18-30-20(32)2/h4-19H,3H2,1-2H3/q+1. The van der Waals surface area contributed by atoms with Crippen molar-refractivity contribution in [1.29, 1.82) is 0 Å². The molecule has 0 fully saturated rings. The van der Waals surface area contributed by atoms with Gasteiger partial charge < -0.3 is 0 Å². The predicted molar refractivity (Wildman–Crippen MR) is 133 cm³/mol. The smallest absolute Gasteiger partial charge is 0.241 e. The van der Waals surface area contributed by atoms with E-state index < -0.39 is 0 Å². The molecule has 3 heteroatoms. The van der Waals surface area contributed by atoms with Crippen LogP contribution in [0.5, 0.6) is 0 Å². The van der Waals surface area contributed by atoms with Crippen LogP contribution in [0.4, 0.5) is 0 Å². The first-order valence-electron chi connectivity index (χ1n) is 11.1. The lowest BCUT2D eigenvalue weighted by molar-refractivity contribution is -0.610. The third-order valence-electron chi connectivity index (χ3n) is 6.47. The van der Waals surface area contributed by atoms with Crippen molar-refractivity contribution in [3.8, 4) is 5.82 Å². The first-order valence-corrected chi connectivity index (χ1v) is 11.1. The Kier molecular flexibility index (Phi) is 4.29. The molecule has 2 heterocycles. The van der Waals surface area contributed by atoms with Crippen LogP contribution in [-0.2, 0) is 6.54 Å². The van der Waals surface area contributed by atoms with Gasteiger partial charge in [0.1, 0.15) is 11.7 Å². The minimum absolute atomic E-state index is 0.838. The van der Waals surface area contributed by atoms with Crippen molar-refractivity contribution in [2.75, 3.05) is 0 Å². The molecule has 0 unspecified atom stereocenters. The molecule has 0 aliphatic heterocycles. The molecule has 1 aliphatic carbocycles. The van der Waals surface area contributed by atoms with Crippen LogP contribution in [0.1, 0.15) is 23.9 Å². The van der Waals surface area contributed by atoms with Gasteiger partial charge >= 0.3 is 0 Å². The maximum atomic E-state index is 4.62. The van der Waals surface area contributed by atoms with Crippen molar-refractivity contribution >= 4 is 44.6 Å². The van der Waals surface area contributed by atoms with Gasteiger partial charge in [-0.05, 0) is 46.3 Å². The third-order valence-corrected chi connectivity index (χ3v) is 6.47. The number of benzene rings is 3. The van der Waals surface area contributed by atoms with Gasteiger partial charge in [-0.3, -0.25) is 4.57 Å². The zero-order valence-electron chi connectivity index (χ0n) is 18.3. The van der Waals surface area contributed by atoms with Crippen molar-refractivity contribution in [3.63, 3.8) is 0 Å². The van der Waals surface area contributed by atoms with E-state index in [1.165, 1.54) is 43.6 Å². The Hall–Kier alpha value is -3.98. The zero-order chi connectivity index (χ0) is 21.7. The number of fused-ring (bicyclic) bond motifs is 4. The Balaban J connectivity index is 2.05. The molecular weight excluding hydrogens is 390 g/mol. The van der Waals surface area contributed by atoms with E-state index in [-0.39, 0.29) is 0 Å². The summed E-state index contributed by atoms with van der Waals surface area (Å²) in [5.74, 6) is 2.09. The molecule has 154 valence electrons. The molecule has 0 radical (unpaired) electrons. The molecule has 3 nitrogen and oxygen atoms in total. The zero-order valence-corrected chi connectivity index (χ0v) is 18.3. The average Bonchev–Trinajstić information content (AvgIpc) is 3.28. The first-order chi connectivity index (χ1) is 15.8. The summed E-state index contributed by atoms with van der Waals surface area (Å²) in [6.45, 7) is 5.13. The van der Waals surface area contributed by atoms with Gasteiger partial charge in [-0.15, -0.1) is 4.98 Å². The molecule has 5 aromatic rings. The van der Waals surface area contributed by atoms with E-state index in [9.17, 15) is 0 Å². The lowest BCUT2D eigenvalue weighted by Gasteiger charge is -2.12. The Morgan fingerprint density at radius 1 is 0.781 bits per heavy atom. The highest BCUT2D eigenvalue weighted by atomic mass is 15.2. The van der Waals surface area contributed by atoms with Crippen molar-refractivity contribution in [2.45, 2.75) is 20.4 Å². The Morgan fingerprint density at radius 3 is 2.25 bits per heavy atom. The molecule has 3 aromatic carbocycles. The second-order valence-electron chi connectivity index (χ2n) is 8.18. The molecule has 0 saturated heterocycles. The summed E-state index contributed by atoms with van der Waals surface area (Å²) in [5.41, 5.74) is 3.78. The molecule has 0 N–H and O–H groups in total. The fourth-order valence-electron chi connectivity index (χ4n) is 5.07. The highest BCUT2D eigenvalue weighted by Crippen LogP contribution is 2.37. The van der Waals surface area contributed by atoms with E-state index in [4.69, 9.17) is 0 Å². The maximum absolute atomic E-state index is 4.62. The van der Waals surface area contributed by atoms with E-state index in [0.717, 1.165) is 18.2 Å². The molecule has 0 atom stereocenters. The van der Waals surface area contributed by atoms with E-state index >= 15 is 0 Å². The lowest BCUT2D eigenvalue weighted by Crippen LogP contribution is -2.38. The molecule has 0 bridgehead atoms. The minimum atomic E-state index is 0.838. The van der Waals surface area contributed by atoms with E-state index in [1.807, 2.05) is 12.3 Å². The van der Waals surface area contributed by atoms with Gasteiger partial charge in [-0.2, -0.15) is 0 Å². The van der Waals surface area contributed by atoms with Crippen LogP contribution in [-0.4, -0.2) is 9.55 Å². The molecule has 0 saturated carbocycles. The summed E-state index contributed by atoms with van der Waals surface area (Å²) in [5, 5.41) is 6.25. The number of aryl methyl sites for hydroxylation is 2. The van der Waals surface area contributed by atoms with Crippen LogP contribution in [0.25, 0.3) is 50.4 Å². The van der Waals surface area contributed by atoms with Crippen LogP contribution in [0.3, 0.4) is 0 Å². The van der Waals surface area contributed by atoms with Crippen molar-refractivity contribution in [2.24, 2.45) is 0 Å². The van der Waals surface area contributed by atoms with Crippen molar-refractivity contribution < 1.29 is 4.57 Å². The number of aromatic nitrogens is 3. The van der Waals surface area contributed by atoms with Crippen LogP contribution >= 0.6 is 0 Å². The number of hydrogen-bond acceptors (Lipinski definition) is 1. The summed E-state index contributed by atoms with van der Waals surface area (Å²) in [4.78, 5) is 4.62. The van der Waals surface area contributed by atoms with Crippen molar-refractivity contribution in [1.82, 2.24) is 9.55 Å². The van der Waals surface area contributed by atoms with E-state index in [2.05, 4.69) is 113 Å². The summed E-state index contributed by atoms with van der Waals surface area (Å²) in [7, 11) is 0. The Bertz CT molecular complexity index is 1620. The number of nitrogens with zero attached hydrogens (tertiary/aromatic N) is 3. The largest absolute Gasteiger partial charge is 0.258 e. The van der Waals surface area contributed by atoms with Crippen LogP contribution in [0.15, 0.2) is 85.2 Å². The summed E-state index contributed by atoms with van der Waals surface area (Å²) < 4.78 is 4.66. The van der Waals surface area contributed by atoms with Crippen LogP contribution in [0.2, 0.25) is 0 Å². The molecule has 1 aliphatic rings. The van der Waals surface area contributed by atoms with Crippen molar-refractivity contribution in [3.05, 3.63) is 102 Å². The summed E-state index contributed by atoms with van der Waals surface area (Å²) in [6, 6.07) is 26.2.